The molecule has 27 heavy (non-hydrogen) atoms. The number of rotatable bonds is 7. The fourth-order valence-electron chi connectivity index (χ4n) is 3.00. The van der Waals surface area contributed by atoms with Gasteiger partial charge in [0.05, 0.1) is 11.8 Å². The molecule has 3 rings (SSSR count). The molecule has 1 aromatic rings. The third-order valence-electron chi connectivity index (χ3n) is 4.77. The van der Waals surface area contributed by atoms with Gasteiger partial charge in [0.2, 0.25) is 15.9 Å². The van der Waals surface area contributed by atoms with Gasteiger partial charge in [0.1, 0.15) is 6.61 Å². The van der Waals surface area contributed by atoms with Crippen LogP contribution in [-0.4, -0.2) is 67.6 Å². The maximum absolute atomic E-state index is 12.7. The van der Waals surface area contributed by atoms with E-state index in [9.17, 15) is 18.0 Å². The fourth-order valence-corrected chi connectivity index (χ4v) is 4.57. The summed E-state index contributed by atoms with van der Waals surface area (Å²) >= 11 is 0. The Bertz CT molecular complexity index is 779. The normalized spacial score (nSPS) is 19.9. The number of hydrogen-bond acceptors (Lipinski definition) is 5. The lowest BCUT2D eigenvalue weighted by molar-refractivity contribution is -0.121. The lowest BCUT2D eigenvalue weighted by atomic mass is 10.2. The topological polar surface area (TPSA) is 96.0 Å². The molecule has 0 bridgehead atoms. The first-order valence-electron chi connectivity index (χ1n) is 9.06. The number of amides is 2. The summed E-state index contributed by atoms with van der Waals surface area (Å²) in [6.07, 6.45) is 1.71. The summed E-state index contributed by atoms with van der Waals surface area (Å²) in [5, 5.41) is 2.06. The van der Waals surface area contributed by atoms with Gasteiger partial charge in [-0.15, -0.1) is 0 Å². The highest BCUT2D eigenvalue weighted by molar-refractivity contribution is 7.89. The molecule has 1 unspecified atom stereocenters. The highest BCUT2D eigenvalue weighted by atomic mass is 32.2. The summed E-state index contributed by atoms with van der Waals surface area (Å²) in [7, 11) is -2.26. The Balaban J connectivity index is 1.49. The number of benzene rings is 1. The van der Waals surface area contributed by atoms with Gasteiger partial charge in [0, 0.05) is 26.2 Å². The minimum absolute atomic E-state index is 0.0739. The van der Waals surface area contributed by atoms with Gasteiger partial charge < -0.3 is 15.0 Å². The summed E-state index contributed by atoms with van der Waals surface area (Å²) in [4.78, 5) is 25.5. The molecule has 1 N–H and O–H groups in total. The number of carbonyl (C=O) groups is 2. The van der Waals surface area contributed by atoms with Gasteiger partial charge in [-0.05, 0) is 24.8 Å². The van der Waals surface area contributed by atoms with E-state index in [1.54, 1.807) is 0 Å². The van der Waals surface area contributed by atoms with Crippen molar-refractivity contribution in [1.29, 1.82) is 0 Å². The number of nitrogens with zero attached hydrogens (tertiary/aromatic N) is 2. The second-order valence-electron chi connectivity index (χ2n) is 7.04. The fraction of sp³-hybridized carbons (Fsp3) is 0.556. The smallest absolute Gasteiger partial charge is 0.410 e. The lowest BCUT2D eigenvalue weighted by Gasteiger charge is -2.21. The summed E-state index contributed by atoms with van der Waals surface area (Å²) in [6, 6.07) is 9.49. The van der Waals surface area contributed by atoms with Crippen LogP contribution in [0.1, 0.15) is 24.8 Å². The van der Waals surface area contributed by atoms with Gasteiger partial charge >= 0.3 is 6.09 Å². The minimum Gasteiger partial charge on any atom is -0.445 e. The molecule has 1 saturated carbocycles. The van der Waals surface area contributed by atoms with Crippen LogP contribution in [0.4, 0.5) is 4.79 Å². The zero-order chi connectivity index (χ0) is 19.4. The Morgan fingerprint density at radius 2 is 1.93 bits per heavy atom. The molecule has 148 valence electrons. The number of ether oxygens (including phenoxy) is 1. The van der Waals surface area contributed by atoms with E-state index >= 15 is 0 Å². The van der Waals surface area contributed by atoms with Gasteiger partial charge in [-0.1, -0.05) is 30.3 Å². The minimum atomic E-state index is -3.66. The highest BCUT2D eigenvalue weighted by Crippen LogP contribution is 2.21. The molecule has 1 aliphatic heterocycles. The Morgan fingerprint density at radius 3 is 2.59 bits per heavy atom. The van der Waals surface area contributed by atoms with E-state index in [-0.39, 0.29) is 31.6 Å². The zero-order valence-corrected chi connectivity index (χ0v) is 16.2. The number of likely N-dealkylation sites (tertiary alicyclic amines) is 1. The van der Waals surface area contributed by atoms with Gasteiger partial charge in [-0.25, -0.2) is 13.2 Å². The average Bonchev–Trinajstić information content (AvgIpc) is 3.30. The molecule has 2 amide bonds. The molecule has 1 aliphatic carbocycles. The molecule has 2 aliphatic rings. The Hall–Kier alpha value is -2.13. The van der Waals surface area contributed by atoms with Crippen molar-refractivity contribution in [3.8, 4) is 0 Å². The van der Waals surface area contributed by atoms with E-state index in [1.165, 1.54) is 11.9 Å². The van der Waals surface area contributed by atoms with Crippen LogP contribution in [0.3, 0.4) is 0 Å². The number of hydrogen-bond donors (Lipinski definition) is 1. The Labute approximate surface area is 159 Å². The van der Waals surface area contributed by atoms with Gasteiger partial charge in [0.15, 0.2) is 0 Å². The lowest BCUT2D eigenvalue weighted by Crippen LogP contribution is -2.44. The number of likely N-dealkylation sites (N-methyl/N-ethyl adjacent to an activating group) is 1. The number of nitrogens with one attached hydrogen (secondary N) is 1. The van der Waals surface area contributed by atoms with Crippen LogP contribution in [0, 0.1) is 0 Å². The number of carbonyl (C=O) groups excluding carboxylic acids is 2. The molecule has 2 fully saturated rings. The van der Waals surface area contributed by atoms with Crippen LogP contribution < -0.4 is 5.32 Å². The monoisotopic (exact) mass is 395 g/mol. The summed E-state index contributed by atoms with van der Waals surface area (Å²) in [5.74, 6) is -0.291. The molecule has 1 heterocycles. The maximum atomic E-state index is 12.7. The first-order valence-corrected chi connectivity index (χ1v) is 10.6. The van der Waals surface area contributed by atoms with E-state index < -0.39 is 21.4 Å². The van der Waals surface area contributed by atoms with Gasteiger partial charge in [0.25, 0.3) is 0 Å². The third kappa shape index (κ3) is 5.20. The molecular weight excluding hydrogens is 370 g/mol. The van der Waals surface area contributed by atoms with E-state index in [1.807, 2.05) is 30.3 Å². The van der Waals surface area contributed by atoms with Crippen molar-refractivity contribution in [3.63, 3.8) is 0 Å². The highest BCUT2D eigenvalue weighted by Gasteiger charge is 2.38. The zero-order valence-electron chi connectivity index (χ0n) is 15.3. The van der Waals surface area contributed by atoms with Crippen molar-refractivity contribution in [2.24, 2.45) is 0 Å². The average molecular weight is 395 g/mol. The second kappa shape index (κ2) is 8.26. The molecule has 1 saturated heterocycles. The van der Waals surface area contributed by atoms with Crippen LogP contribution in [0.15, 0.2) is 30.3 Å². The molecule has 9 heteroatoms. The molecule has 0 radical (unpaired) electrons. The van der Waals surface area contributed by atoms with Crippen LogP contribution in [-0.2, 0) is 26.2 Å². The number of sulfonamides is 1. The first-order chi connectivity index (χ1) is 12.9. The summed E-state index contributed by atoms with van der Waals surface area (Å²) < 4.78 is 31.7. The van der Waals surface area contributed by atoms with Gasteiger partial charge in [-0.3, -0.25) is 4.79 Å². The molecule has 1 atom stereocenters. The van der Waals surface area contributed by atoms with Crippen molar-refractivity contribution < 1.29 is 22.7 Å². The predicted octanol–water partition coefficient (Wildman–Crippen LogP) is 0.938. The van der Waals surface area contributed by atoms with Crippen molar-refractivity contribution in [3.05, 3.63) is 35.9 Å². The van der Waals surface area contributed by atoms with E-state index in [4.69, 9.17) is 4.74 Å². The summed E-state index contributed by atoms with van der Waals surface area (Å²) in [6.45, 7) is 0.340. The van der Waals surface area contributed by atoms with E-state index in [0.717, 1.165) is 22.7 Å². The standard InChI is InChI=1S/C18H25N3O5S/c1-20(12-17(22)19-15-7-8-15)27(24,25)16-9-10-21(11-16)18(23)26-13-14-5-3-2-4-6-14/h2-6,15-16H,7-13H2,1H3,(H,19,22). The van der Waals surface area contributed by atoms with Crippen molar-refractivity contribution in [2.45, 2.75) is 37.2 Å². The SMILES string of the molecule is CN(CC(=O)NC1CC1)S(=O)(=O)C1CCN(C(=O)OCc2ccccc2)C1. The molecule has 0 aromatic heterocycles. The van der Waals surface area contributed by atoms with Crippen LogP contribution in [0.25, 0.3) is 0 Å². The molecule has 8 nitrogen and oxygen atoms in total. The van der Waals surface area contributed by atoms with Crippen molar-refractivity contribution in [1.82, 2.24) is 14.5 Å². The van der Waals surface area contributed by atoms with Gasteiger partial charge in [-0.2, -0.15) is 4.31 Å². The third-order valence-corrected chi connectivity index (χ3v) is 7.00. The molecule has 1 aromatic carbocycles. The Morgan fingerprint density at radius 1 is 1.22 bits per heavy atom. The van der Waals surface area contributed by atoms with E-state index in [2.05, 4.69) is 5.32 Å². The predicted molar refractivity (Wildman–Crippen MR) is 99.3 cm³/mol. The second-order valence-corrected chi connectivity index (χ2v) is 9.36. The van der Waals surface area contributed by atoms with Crippen LogP contribution >= 0.6 is 0 Å². The van der Waals surface area contributed by atoms with E-state index in [0.29, 0.717) is 13.0 Å². The summed E-state index contributed by atoms with van der Waals surface area (Å²) in [5.41, 5.74) is 0.871. The van der Waals surface area contributed by atoms with Crippen LogP contribution in [0.2, 0.25) is 0 Å². The van der Waals surface area contributed by atoms with Crippen molar-refractivity contribution >= 4 is 22.0 Å². The molecule has 0 spiro atoms. The molecular formula is C18H25N3O5S. The largest absolute Gasteiger partial charge is 0.445 e. The van der Waals surface area contributed by atoms with Crippen molar-refractivity contribution in [2.75, 3.05) is 26.7 Å². The first kappa shape index (κ1) is 19.6. The Kier molecular flexibility index (Phi) is 6.01. The van der Waals surface area contributed by atoms with Crippen LogP contribution in [0.5, 0.6) is 0 Å². The quantitative estimate of drug-likeness (QED) is 0.741. The maximum Gasteiger partial charge on any atom is 0.410 e.